The van der Waals surface area contributed by atoms with Crippen LogP contribution in [0.5, 0.6) is 5.75 Å². The first-order valence-electron chi connectivity index (χ1n) is 7.13. The third-order valence-electron chi connectivity index (χ3n) is 3.47. The molecule has 4 nitrogen and oxygen atoms in total. The van der Waals surface area contributed by atoms with Gasteiger partial charge in [-0.1, -0.05) is 44.2 Å². The Morgan fingerprint density at radius 2 is 1.77 bits per heavy atom. The van der Waals surface area contributed by atoms with Crippen molar-refractivity contribution in [3.8, 4) is 5.75 Å². The second kappa shape index (κ2) is 6.50. The molecule has 0 aliphatic carbocycles. The highest BCUT2D eigenvalue weighted by Gasteiger charge is 2.19. The Bertz CT molecular complexity index is 753. The van der Waals surface area contributed by atoms with Crippen LogP contribution in [0.25, 0.3) is 0 Å². The SMILES string of the molecule is Cc1cc(S(N)(=O)=O)c(C(C)C)cc1OCc1ccccc1. The average molecular weight is 319 g/mol. The molecule has 22 heavy (non-hydrogen) atoms. The first-order chi connectivity index (χ1) is 10.3. The minimum Gasteiger partial charge on any atom is -0.489 e. The Labute approximate surface area is 132 Å². The molecule has 0 saturated heterocycles. The zero-order chi connectivity index (χ0) is 16.3. The maximum absolute atomic E-state index is 11.7. The van der Waals surface area contributed by atoms with Gasteiger partial charge in [0.15, 0.2) is 0 Å². The number of hydrogen-bond acceptors (Lipinski definition) is 3. The lowest BCUT2D eigenvalue weighted by atomic mass is 10.0. The Hall–Kier alpha value is -1.85. The largest absolute Gasteiger partial charge is 0.489 e. The van der Waals surface area contributed by atoms with Crippen molar-refractivity contribution in [2.24, 2.45) is 5.14 Å². The summed E-state index contributed by atoms with van der Waals surface area (Å²) in [6.45, 7) is 6.12. The Morgan fingerprint density at radius 3 is 2.32 bits per heavy atom. The highest BCUT2D eigenvalue weighted by atomic mass is 32.2. The standard InChI is InChI=1S/C17H21NO3S/c1-12(2)15-10-16(13(3)9-17(15)22(18,19)20)21-11-14-7-5-4-6-8-14/h4-10,12H,11H2,1-3H3,(H2,18,19,20). The number of sulfonamides is 1. The van der Waals surface area contributed by atoms with Crippen LogP contribution in [0, 0.1) is 6.92 Å². The highest BCUT2D eigenvalue weighted by Crippen LogP contribution is 2.31. The van der Waals surface area contributed by atoms with Crippen molar-refractivity contribution in [1.82, 2.24) is 0 Å². The van der Waals surface area contributed by atoms with Gasteiger partial charge in [-0.05, 0) is 41.7 Å². The number of aryl methyl sites for hydroxylation is 1. The molecule has 0 unspecified atom stereocenters. The van der Waals surface area contributed by atoms with E-state index >= 15 is 0 Å². The van der Waals surface area contributed by atoms with E-state index in [9.17, 15) is 8.42 Å². The third kappa shape index (κ3) is 3.87. The lowest BCUT2D eigenvalue weighted by molar-refractivity contribution is 0.303. The second-order valence-corrected chi connectivity index (χ2v) is 7.16. The fourth-order valence-electron chi connectivity index (χ4n) is 2.27. The number of rotatable bonds is 5. The van der Waals surface area contributed by atoms with E-state index in [2.05, 4.69) is 0 Å². The topological polar surface area (TPSA) is 69.4 Å². The third-order valence-corrected chi connectivity index (χ3v) is 4.44. The molecule has 0 aromatic heterocycles. The lowest BCUT2D eigenvalue weighted by Crippen LogP contribution is -2.16. The fourth-order valence-corrected chi connectivity index (χ4v) is 3.23. The molecular formula is C17H21NO3S. The molecule has 118 valence electrons. The van der Waals surface area contributed by atoms with Crippen molar-refractivity contribution in [2.75, 3.05) is 0 Å². The lowest BCUT2D eigenvalue weighted by Gasteiger charge is -2.16. The molecule has 2 aromatic rings. The number of ether oxygens (including phenoxy) is 1. The normalized spacial score (nSPS) is 11.7. The van der Waals surface area contributed by atoms with E-state index in [-0.39, 0.29) is 10.8 Å². The van der Waals surface area contributed by atoms with Gasteiger partial charge in [0, 0.05) is 0 Å². The summed E-state index contributed by atoms with van der Waals surface area (Å²) < 4.78 is 29.3. The van der Waals surface area contributed by atoms with Crippen LogP contribution in [0.1, 0.15) is 36.5 Å². The fraction of sp³-hybridized carbons (Fsp3) is 0.294. The number of benzene rings is 2. The first-order valence-corrected chi connectivity index (χ1v) is 8.67. The van der Waals surface area contributed by atoms with Crippen LogP contribution in [-0.2, 0) is 16.6 Å². The van der Waals surface area contributed by atoms with Gasteiger partial charge in [0.25, 0.3) is 0 Å². The van der Waals surface area contributed by atoms with Crippen LogP contribution < -0.4 is 9.88 Å². The minimum absolute atomic E-state index is 0.0352. The molecule has 0 saturated carbocycles. The molecule has 0 fully saturated rings. The van der Waals surface area contributed by atoms with Gasteiger partial charge in [0.05, 0.1) is 4.90 Å². The van der Waals surface area contributed by atoms with E-state index in [4.69, 9.17) is 9.88 Å². The zero-order valence-corrected chi connectivity index (χ0v) is 13.9. The summed E-state index contributed by atoms with van der Waals surface area (Å²) in [5, 5.41) is 5.31. The predicted octanol–water partition coefficient (Wildman–Crippen LogP) is 3.34. The molecular weight excluding hydrogens is 298 g/mol. The van der Waals surface area contributed by atoms with Gasteiger partial charge in [-0.2, -0.15) is 0 Å². The number of primary sulfonamides is 1. The van der Waals surface area contributed by atoms with Crippen LogP contribution in [0.2, 0.25) is 0 Å². The molecule has 0 bridgehead atoms. The first kappa shape index (κ1) is 16.5. The maximum Gasteiger partial charge on any atom is 0.238 e. The van der Waals surface area contributed by atoms with E-state index in [1.165, 1.54) is 0 Å². The summed E-state index contributed by atoms with van der Waals surface area (Å²) in [7, 11) is -3.74. The molecule has 0 atom stereocenters. The van der Waals surface area contributed by atoms with Crippen molar-refractivity contribution in [3.63, 3.8) is 0 Å². The summed E-state index contributed by atoms with van der Waals surface area (Å²) in [5.41, 5.74) is 2.49. The van der Waals surface area contributed by atoms with E-state index in [0.717, 1.165) is 11.1 Å². The van der Waals surface area contributed by atoms with Crippen molar-refractivity contribution >= 4 is 10.0 Å². The van der Waals surface area contributed by atoms with E-state index < -0.39 is 10.0 Å². The smallest absolute Gasteiger partial charge is 0.238 e. The van der Waals surface area contributed by atoms with Gasteiger partial charge >= 0.3 is 0 Å². The Morgan fingerprint density at radius 1 is 1.14 bits per heavy atom. The molecule has 5 heteroatoms. The van der Waals surface area contributed by atoms with Gasteiger partial charge < -0.3 is 4.74 Å². The van der Waals surface area contributed by atoms with Gasteiger partial charge in [-0.15, -0.1) is 0 Å². The average Bonchev–Trinajstić information content (AvgIpc) is 2.45. The summed E-state index contributed by atoms with van der Waals surface area (Å²) in [5.74, 6) is 0.716. The summed E-state index contributed by atoms with van der Waals surface area (Å²) in [6.07, 6.45) is 0. The molecule has 2 aromatic carbocycles. The quantitative estimate of drug-likeness (QED) is 0.919. The Kier molecular flexibility index (Phi) is 4.88. The highest BCUT2D eigenvalue weighted by molar-refractivity contribution is 7.89. The Balaban J connectivity index is 2.35. The minimum atomic E-state index is -3.74. The van der Waals surface area contributed by atoms with Crippen molar-refractivity contribution in [2.45, 2.75) is 38.2 Å². The molecule has 0 aliphatic heterocycles. The number of nitrogens with two attached hydrogens (primary N) is 1. The van der Waals surface area contributed by atoms with E-state index in [1.54, 1.807) is 12.1 Å². The van der Waals surface area contributed by atoms with Gasteiger partial charge in [0.2, 0.25) is 10.0 Å². The second-order valence-electron chi connectivity index (χ2n) is 5.63. The van der Waals surface area contributed by atoms with Gasteiger partial charge in [-0.25, -0.2) is 13.6 Å². The predicted molar refractivity (Wildman–Crippen MR) is 87.4 cm³/mol. The van der Waals surface area contributed by atoms with Gasteiger partial charge in [-0.3, -0.25) is 0 Å². The molecule has 0 radical (unpaired) electrons. The van der Waals surface area contributed by atoms with Crippen LogP contribution in [0.3, 0.4) is 0 Å². The zero-order valence-electron chi connectivity index (χ0n) is 13.0. The molecule has 0 spiro atoms. The molecule has 2 N–H and O–H groups in total. The van der Waals surface area contributed by atoms with Crippen molar-refractivity contribution in [1.29, 1.82) is 0 Å². The molecule has 2 rings (SSSR count). The van der Waals surface area contributed by atoms with Crippen molar-refractivity contribution < 1.29 is 13.2 Å². The maximum atomic E-state index is 11.7. The van der Waals surface area contributed by atoms with Crippen LogP contribution in [0.4, 0.5) is 0 Å². The summed E-state index contributed by atoms with van der Waals surface area (Å²) in [4.78, 5) is 0.173. The summed E-state index contributed by atoms with van der Waals surface area (Å²) >= 11 is 0. The monoisotopic (exact) mass is 319 g/mol. The molecule has 0 heterocycles. The van der Waals surface area contributed by atoms with Gasteiger partial charge in [0.1, 0.15) is 12.4 Å². The van der Waals surface area contributed by atoms with E-state index in [0.29, 0.717) is 17.9 Å². The van der Waals surface area contributed by atoms with Crippen LogP contribution >= 0.6 is 0 Å². The van der Waals surface area contributed by atoms with Crippen molar-refractivity contribution in [3.05, 3.63) is 59.2 Å². The summed E-state index contributed by atoms with van der Waals surface area (Å²) in [6, 6.07) is 13.2. The van der Waals surface area contributed by atoms with Crippen LogP contribution in [0.15, 0.2) is 47.4 Å². The van der Waals surface area contributed by atoms with Crippen LogP contribution in [-0.4, -0.2) is 8.42 Å². The number of hydrogen-bond donors (Lipinski definition) is 1. The van der Waals surface area contributed by atoms with E-state index in [1.807, 2.05) is 51.1 Å². The molecule has 0 aliphatic rings. The molecule has 0 amide bonds.